The van der Waals surface area contributed by atoms with Gasteiger partial charge in [-0.1, -0.05) is 48.5 Å². The van der Waals surface area contributed by atoms with E-state index < -0.39 is 8.07 Å². The maximum absolute atomic E-state index is 2.86. The molecule has 12 aromatic rings. The maximum atomic E-state index is 2.48. The van der Waals surface area contributed by atoms with Gasteiger partial charge in [-0.05, 0) is 41.5 Å². The van der Waals surface area contributed by atoms with Gasteiger partial charge in [-0.2, -0.15) is 0 Å². The van der Waals surface area contributed by atoms with Crippen LogP contribution in [0.1, 0.15) is 0 Å². The van der Waals surface area contributed by atoms with Crippen molar-refractivity contribution in [2.24, 2.45) is 0 Å². The van der Waals surface area contributed by atoms with E-state index in [2.05, 4.69) is 240 Å². The van der Waals surface area contributed by atoms with Gasteiger partial charge in [0, 0.05) is 16.5 Å². The number of para-hydroxylation sites is 3. The molecule has 0 bridgehead atoms. The van der Waals surface area contributed by atoms with Gasteiger partial charge in [0.1, 0.15) is 0 Å². The van der Waals surface area contributed by atoms with E-state index in [1.807, 2.05) is 0 Å². The van der Waals surface area contributed by atoms with Gasteiger partial charge >= 0.3 is 246 Å². The Morgan fingerprint density at radius 3 is 1.17 bits per heavy atom. The zero-order valence-corrected chi connectivity index (χ0v) is 35.6. The Balaban J connectivity index is 0.862. The first-order valence-corrected chi connectivity index (χ1v) is 24.4. The van der Waals surface area contributed by atoms with Crippen LogP contribution in [0.25, 0.3) is 99.5 Å². The number of benzene rings is 10. The van der Waals surface area contributed by atoms with Crippen molar-refractivity contribution in [3.8, 4) is 55.9 Å². The maximum Gasteiger partial charge on any atom is 0.0541 e. The van der Waals surface area contributed by atoms with E-state index >= 15 is 0 Å². The second kappa shape index (κ2) is 13.0. The summed E-state index contributed by atoms with van der Waals surface area (Å²) in [7, 11) is -2.86. The van der Waals surface area contributed by atoms with Gasteiger partial charge in [0.2, 0.25) is 0 Å². The Labute approximate surface area is 366 Å². The molecule has 0 atom stereocenters. The minimum atomic E-state index is -2.86. The van der Waals surface area contributed by atoms with Gasteiger partial charge < -0.3 is 4.57 Å². The SMILES string of the molecule is c1ccc(-n2c3ccccc3c3cc(-c4ccc5c(c4)c4ccccc4n5-c4ccc(-c5ccc6c(c5)-c5ccccc5[SiH-]65c6ccccc6-c6ccccc65)cc4)ccc32)cc1. The first-order valence-electron chi connectivity index (χ1n) is 22.1. The van der Waals surface area contributed by atoms with Gasteiger partial charge in [-0.3, -0.25) is 0 Å². The van der Waals surface area contributed by atoms with Crippen LogP contribution in [0.15, 0.2) is 231 Å². The van der Waals surface area contributed by atoms with Crippen molar-refractivity contribution in [3.05, 3.63) is 231 Å². The molecule has 0 unspecified atom stereocenters. The Morgan fingerprint density at radius 2 is 0.619 bits per heavy atom. The van der Waals surface area contributed by atoms with E-state index in [0.717, 1.165) is 5.69 Å². The molecule has 2 aliphatic heterocycles. The third kappa shape index (κ3) is 4.72. The fraction of sp³-hybridized carbons (Fsp3) is 0. The number of aromatic nitrogens is 2. The Kier molecular flexibility index (Phi) is 7.17. The normalized spacial score (nSPS) is 13.7. The molecule has 14 rings (SSSR count). The molecule has 0 radical (unpaired) electrons. The first-order chi connectivity index (χ1) is 31.3. The molecule has 0 N–H and O–H groups in total. The quantitative estimate of drug-likeness (QED) is 0.157. The van der Waals surface area contributed by atoms with Gasteiger partial charge in [0.15, 0.2) is 0 Å². The van der Waals surface area contributed by atoms with E-state index in [-0.39, 0.29) is 0 Å². The molecule has 0 amide bonds. The van der Waals surface area contributed by atoms with Crippen LogP contribution in [0.5, 0.6) is 0 Å². The standard InChI is InChI=1S/C60H39N2Si/c1-2-14-43(15-3-1)61-53-21-9-4-16-45(53)50-36-41(28-33-55(50)61)42-29-34-56-51(37-42)46-17-5-10-22-54(46)62(56)44-31-26-39(27-32-44)40-30-35-60-52(38-40)49-20-8-13-25-59(49)63(60)57-23-11-6-18-47(57)48-19-7-12-24-58(48)63/h1-38,63H/q-1. The van der Waals surface area contributed by atoms with Crippen molar-refractivity contribution in [2.75, 3.05) is 0 Å². The predicted molar refractivity (Wildman–Crippen MR) is 269 cm³/mol. The summed E-state index contributed by atoms with van der Waals surface area (Å²) in [6, 6.07) is 86.4. The van der Waals surface area contributed by atoms with Gasteiger partial charge in [0.25, 0.3) is 0 Å². The van der Waals surface area contributed by atoms with Gasteiger partial charge in [-0.25, -0.2) is 0 Å². The summed E-state index contributed by atoms with van der Waals surface area (Å²) in [5.41, 5.74) is 17.7. The van der Waals surface area contributed by atoms with Crippen LogP contribution in [0.4, 0.5) is 0 Å². The van der Waals surface area contributed by atoms with E-state index in [9.17, 15) is 0 Å². The molecule has 3 heteroatoms. The first kappa shape index (κ1) is 34.7. The minimum Gasteiger partial charge on any atom is -0.0602 e. The number of rotatable bonds is 4. The fourth-order valence-corrected chi connectivity index (χ4v) is 18.4. The largest absolute Gasteiger partial charge is 0.0602 e. The van der Waals surface area contributed by atoms with Crippen molar-refractivity contribution >= 4 is 72.4 Å². The zero-order chi connectivity index (χ0) is 41.2. The molecule has 2 nitrogen and oxygen atoms in total. The summed E-state index contributed by atoms with van der Waals surface area (Å²) < 4.78 is 4.81. The van der Waals surface area contributed by atoms with Crippen molar-refractivity contribution in [2.45, 2.75) is 0 Å². The summed E-state index contributed by atoms with van der Waals surface area (Å²) in [6.45, 7) is 0. The number of hydrogen-bond acceptors (Lipinski definition) is 0. The topological polar surface area (TPSA) is 9.86 Å². The van der Waals surface area contributed by atoms with E-state index in [0.29, 0.717) is 0 Å². The monoisotopic (exact) mass is 815 g/mol. The predicted octanol–water partition coefficient (Wildman–Crippen LogP) is 12.3. The third-order valence-corrected chi connectivity index (χ3v) is 20.3. The van der Waals surface area contributed by atoms with Crippen LogP contribution >= 0.6 is 0 Å². The third-order valence-electron chi connectivity index (χ3n) is 14.5. The van der Waals surface area contributed by atoms with Crippen LogP contribution in [0.2, 0.25) is 0 Å². The molecular weight excluding hydrogens is 777 g/mol. The Bertz CT molecular complexity index is 3810. The molecule has 0 saturated heterocycles. The van der Waals surface area contributed by atoms with E-state index in [4.69, 9.17) is 0 Å². The summed E-state index contributed by atoms with van der Waals surface area (Å²) in [5.74, 6) is 0. The van der Waals surface area contributed by atoms with Crippen LogP contribution < -0.4 is 20.7 Å². The van der Waals surface area contributed by atoms with E-state index in [1.165, 1.54) is 104 Å². The zero-order valence-electron chi connectivity index (χ0n) is 34.4. The van der Waals surface area contributed by atoms with Crippen molar-refractivity contribution in [3.63, 3.8) is 0 Å². The van der Waals surface area contributed by atoms with Crippen LogP contribution in [0.3, 0.4) is 0 Å². The fourth-order valence-electron chi connectivity index (χ4n) is 12.0. The van der Waals surface area contributed by atoms with Crippen molar-refractivity contribution in [1.29, 1.82) is 0 Å². The van der Waals surface area contributed by atoms with Crippen LogP contribution in [-0.4, -0.2) is 17.2 Å². The van der Waals surface area contributed by atoms with Gasteiger partial charge in [0.05, 0.1) is 11.0 Å². The molecule has 1 spiro atoms. The summed E-state index contributed by atoms with van der Waals surface area (Å²) in [5, 5.41) is 11.2. The van der Waals surface area contributed by atoms with E-state index in [1.54, 1.807) is 10.4 Å². The van der Waals surface area contributed by atoms with Gasteiger partial charge in [-0.15, -0.1) is 0 Å². The Morgan fingerprint density at radius 1 is 0.238 bits per heavy atom. The molecule has 294 valence electrons. The molecule has 10 aromatic carbocycles. The number of fused-ring (bicyclic) bond motifs is 16. The molecule has 0 saturated carbocycles. The molecular formula is C60H39N2Si-. The minimum absolute atomic E-state index is 1.16. The molecule has 2 aliphatic rings. The number of nitrogens with zero attached hydrogens (tertiary/aromatic N) is 2. The molecule has 0 aliphatic carbocycles. The van der Waals surface area contributed by atoms with Crippen molar-refractivity contribution in [1.82, 2.24) is 9.13 Å². The molecule has 0 fully saturated rings. The molecule has 4 heterocycles. The molecule has 63 heavy (non-hydrogen) atoms. The second-order valence-corrected chi connectivity index (χ2v) is 21.7. The summed E-state index contributed by atoms with van der Waals surface area (Å²) in [6.07, 6.45) is 0. The molecule has 2 aromatic heterocycles. The average molecular weight is 816 g/mol. The van der Waals surface area contributed by atoms with Crippen LogP contribution in [0, 0.1) is 0 Å². The second-order valence-electron chi connectivity index (χ2n) is 17.5. The number of hydrogen-bond donors (Lipinski definition) is 0. The van der Waals surface area contributed by atoms with Crippen molar-refractivity contribution < 1.29 is 0 Å². The summed E-state index contributed by atoms with van der Waals surface area (Å²) >= 11 is 0. The van der Waals surface area contributed by atoms with Crippen LogP contribution in [-0.2, 0) is 0 Å². The summed E-state index contributed by atoms with van der Waals surface area (Å²) in [4.78, 5) is 0. The smallest absolute Gasteiger partial charge is 0.0541 e. The Hall–Kier alpha value is -7.98. The average Bonchev–Trinajstić information content (AvgIpc) is 4.06.